The van der Waals surface area contributed by atoms with Gasteiger partial charge >= 0.3 is 0 Å². The summed E-state index contributed by atoms with van der Waals surface area (Å²) in [5, 5.41) is 1.95. The van der Waals surface area contributed by atoms with E-state index >= 15 is 0 Å². The summed E-state index contributed by atoms with van der Waals surface area (Å²) >= 11 is 0. The quantitative estimate of drug-likeness (QED) is 0.542. The molecule has 0 aliphatic rings. The minimum absolute atomic E-state index is 0.0563. The zero-order chi connectivity index (χ0) is 12.0. The van der Waals surface area contributed by atoms with Gasteiger partial charge in [-0.2, -0.15) is 0 Å². The molecule has 1 amide bonds. The van der Waals surface area contributed by atoms with Crippen molar-refractivity contribution in [3.8, 4) is 0 Å². The number of hydrogen-bond acceptors (Lipinski definition) is 2. The SMILES string of the molecule is C=C(CCC)C(=O)NN(C(C)C)C(C)C. The number of rotatable bonds is 6. The normalized spacial score (nSPS) is 11.2. The highest BCUT2D eigenvalue weighted by Gasteiger charge is 2.16. The lowest BCUT2D eigenvalue weighted by Crippen LogP contribution is -2.50. The number of hydrazine groups is 1. The Hall–Kier alpha value is -0.830. The summed E-state index contributed by atoms with van der Waals surface area (Å²) in [4.78, 5) is 11.7. The van der Waals surface area contributed by atoms with Crippen molar-refractivity contribution >= 4 is 5.91 Å². The molecular formula is C12H24N2O. The zero-order valence-corrected chi connectivity index (χ0v) is 10.6. The lowest BCUT2D eigenvalue weighted by atomic mass is 10.2. The van der Waals surface area contributed by atoms with Crippen molar-refractivity contribution in [3.63, 3.8) is 0 Å². The molecule has 0 aromatic heterocycles. The van der Waals surface area contributed by atoms with Gasteiger partial charge in [-0.05, 0) is 34.1 Å². The molecule has 0 atom stereocenters. The molecule has 0 spiro atoms. The molecule has 3 nitrogen and oxygen atoms in total. The van der Waals surface area contributed by atoms with E-state index in [1.165, 1.54) is 0 Å². The van der Waals surface area contributed by atoms with Crippen LogP contribution in [0.25, 0.3) is 0 Å². The van der Waals surface area contributed by atoms with E-state index in [9.17, 15) is 4.79 Å². The summed E-state index contributed by atoms with van der Waals surface area (Å²) in [5.41, 5.74) is 3.55. The first-order valence-electron chi connectivity index (χ1n) is 5.67. The maximum atomic E-state index is 11.7. The van der Waals surface area contributed by atoms with Crippen molar-refractivity contribution in [2.24, 2.45) is 0 Å². The molecule has 0 aromatic rings. The average molecular weight is 212 g/mol. The van der Waals surface area contributed by atoms with Gasteiger partial charge in [0.1, 0.15) is 0 Å². The lowest BCUT2D eigenvalue weighted by molar-refractivity contribution is -0.124. The predicted octanol–water partition coefficient (Wildman–Crippen LogP) is 2.49. The summed E-state index contributed by atoms with van der Waals surface area (Å²) in [5.74, 6) is -0.0563. The topological polar surface area (TPSA) is 32.3 Å². The van der Waals surface area contributed by atoms with Crippen LogP contribution in [0.15, 0.2) is 12.2 Å². The van der Waals surface area contributed by atoms with Crippen molar-refractivity contribution in [1.29, 1.82) is 0 Å². The fourth-order valence-electron chi connectivity index (χ4n) is 1.47. The second-order valence-corrected chi connectivity index (χ2v) is 4.39. The Kier molecular flexibility index (Phi) is 6.25. The third-order valence-corrected chi connectivity index (χ3v) is 2.22. The van der Waals surface area contributed by atoms with E-state index in [1.54, 1.807) is 0 Å². The van der Waals surface area contributed by atoms with E-state index < -0.39 is 0 Å². The highest BCUT2D eigenvalue weighted by molar-refractivity contribution is 5.92. The number of nitrogens with zero attached hydrogens (tertiary/aromatic N) is 1. The van der Waals surface area contributed by atoms with Gasteiger partial charge in [-0.25, -0.2) is 5.01 Å². The van der Waals surface area contributed by atoms with Crippen molar-refractivity contribution < 1.29 is 4.79 Å². The minimum atomic E-state index is -0.0563. The van der Waals surface area contributed by atoms with Gasteiger partial charge in [0.05, 0.1) is 0 Å². The number of nitrogens with one attached hydrogen (secondary N) is 1. The van der Waals surface area contributed by atoms with Crippen LogP contribution in [0.2, 0.25) is 0 Å². The predicted molar refractivity (Wildman–Crippen MR) is 64.3 cm³/mol. The first-order chi connectivity index (χ1) is 6.90. The van der Waals surface area contributed by atoms with Gasteiger partial charge in [-0.15, -0.1) is 0 Å². The van der Waals surface area contributed by atoms with Gasteiger partial charge in [0, 0.05) is 17.7 Å². The third-order valence-electron chi connectivity index (χ3n) is 2.22. The van der Waals surface area contributed by atoms with Crippen molar-refractivity contribution in [1.82, 2.24) is 10.4 Å². The Balaban J connectivity index is 4.29. The molecule has 15 heavy (non-hydrogen) atoms. The molecule has 0 bridgehead atoms. The van der Waals surface area contributed by atoms with Gasteiger partial charge in [-0.1, -0.05) is 19.9 Å². The Labute approximate surface area is 93.5 Å². The summed E-state index contributed by atoms with van der Waals surface area (Å²) in [6, 6.07) is 0.590. The summed E-state index contributed by atoms with van der Waals surface area (Å²) in [7, 11) is 0. The van der Waals surface area contributed by atoms with E-state index in [4.69, 9.17) is 0 Å². The van der Waals surface area contributed by atoms with E-state index in [0.717, 1.165) is 12.8 Å². The maximum Gasteiger partial charge on any atom is 0.260 e. The number of amides is 1. The lowest BCUT2D eigenvalue weighted by Gasteiger charge is -2.30. The molecule has 0 unspecified atom stereocenters. The van der Waals surface area contributed by atoms with Crippen LogP contribution in [0, 0.1) is 0 Å². The molecule has 0 aromatic carbocycles. The number of carbonyl (C=O) groups is 1. The molecule has 0 saturated carbocycles. The van der Waals surface area contributed by atoms with E-state index in [2.05, 4.69) is 39.7 Å². The van der Waals surface area contributed by atoms with Gasteiger partial charge in [0.25, 0.3) is 5.91 Å². The monoisotopic (exact) mass is 212 g/mol. The zero-order valence-electron chi connectivity index (χ0n) is 10.6. The molecule has 0 heterocycles. The van der Waals surface area contributed by atoms with Gasteiger partial charge in [-0.3, -0.25) is 10.2 Å². The van der Waals surface area contributed by atoms with Crippen LogP contribution in [0.4, 0.5) is 0 Å². The summed E-state index contributed by atoms with van der Waals surface area (Å²) in [6.45, 7) is 14.1. The van der Waals surface area contributed by atoms with E-state index in [1.807, 2.05) is 11.9 Å². The van der Waals surface area contributed by atoms with Crippen molar-refractivity contribution in [3.05, 3.63) is 12.2 Å². The summed E-state index contributed by atoms with van der Waals surface area (Å²) in [6.07, 6.45) is 1.71. The van der Waals surface area contributed by atoms with Gasteiger partial charge in [0.2, 0.25) is 0 Å². The minimum Gasteiger partial charge on any atom is -0.285 e. The first-order valence-corrected chi connectivity index (χ1v) is 5.67. The molecule has 0 radical (unpaired) electrons. The fraction of sp³-hybridized carbons (Fsp3) is 0.750. The Morgan fingerprint density at radius 3 is 2.07 bits per heavy atom. The molecule has 0 saturated heterocycles. The van der Waals surface area contributed by atoms with Crippen LogP contribution in [-0.4, -0.2) is 23.0 Å². The molecular weight excluding hydrogens is 188 g/mol. The van der Waals surface area contributed by atoms with Gasteiger partial charge in [0.15, 0.2) is 0 Å². The first kappa shape index (κ1) is 14.2. The standard InChI is InChI=1S/C12H24N2O/c1-7-8-11(6)12(15)13-14(9(2)3)10(4)5/h9-10H,6-8H2,1-5H3,(H,13,15). The maximum absolute atomic E-state index is 11.7. The molecule has 88 valence electrons. The highest BCUT2D eigenvalue weighted by atomic mass is 16.2. The van der Waals surface area contributed by atoms with Crippen LogP contribution in [0.1, 0.15) is 47.5 Å². The van der Waals surface area contributed by atoms with Crippen LogP contribution < -0.4 is 5.43 Å². The Bertz CT molecular complexity index is 214. The van der Waals surface area contributed by atoms with Crippen LogP contribution in [0.5, 0.6) is 0 Å². The van der Waals surface area contributed by atoms with E-state index in [0.29, 0.717) is 17.7 Å². The van der Waals surface area contributed by atoms with Crippen molar-refractivity contribution in [2.45, 2.75) is 59.5 Å². The third kappa shape index (κ3) is 4.98. The molecule has 0 rings (SSSR count). The number of carbonyl (C=O) groups excluding carboxylic acids is 1. The Morgan fingerprint density at radius 2 is 1.73 bits per heavy atom. The second kappa shape index (κ2) is 6.62. The molecule has 0 aliphatic heterocycles. The average Bonchev–Trinajstić information content (AvgIpc) is 2.12. The van der Waals surface area contributed by atoms with Crippen LogP contribution in [-0.2, 0) is 4.79 Å². The van der Waals surface area contributed by atoms with E-state index in [-0.39, 0.29) is 5.91 Å². The molecule has 0 aliphatic carbocycles. The second-order valence-electron chi connectivity index (χ2n) is 4.39. The van der Waals surface area contributed by atoms with Gasteiger partial charge < -0.3 is 0 Å². The Morgan fingerprint density at radius 1 is 1.27 bits per heavy atom. The van der Waals surface area contributed by atoms with Crippen LogP contribution >= 0.6 is 0 Å². The fourth-order valence-corrected chi connectivity index (χ4v) is 1.47. The smallest absolute Gasteiger partial charge is 0.260 e. The van der Waals surface area contributed by atoms with Crippen molar-refractivity contribution in [2.75, 3.05) is 0 Å². The summed E-state index contributed by atoms with van der Waals surface area (Å²) < 4.78 is 0. The van der Waals surface area contributed by atoms with Crippen LogP contribution in [0.3, 0.4) is 0 Å². The molecule has 3 heteroatoms. The molecule has 0 fully saturated rings. The number of hydrogen-bond donors (Lipinski definition) is 1. The molecule has 1 N–H and O–H groups in total. The highest BCUT2D eigenvalue weighted by Crippen LogP contribution is 2.05. The largest absolute Gasteiger partial charge is 0.285 e.